The number of anilines is 1. The molecule has 0 unspecified atom stereocenters. The van der Waals surface area contributed by atoms with Crippen molar-refractivity contribution < 1.29 is 27.4 Å². The van der Waals surface area contributed by atoms with Gasteiger partial charge in [0.25, 0.3) is 5.91 Å². The van der Waals surface area contributed by atoms with Gasteiger partial charge in [-0.25, -0.2) is 4.39 Å². The maximum Gasteiger partial charge on any atom is 0.387 e. The summed E-state index contributed by atoms with van der Waals surface area (Å²) in [6.45, 7) is -3.15. The first kappa shape index (κ1) is 17.0. The number of hydrogen-bond donors (Lipinski definition) is 1. The van der Waals surface area contributed by atoms with Gasteiger partial charge in [0.1, 0.15) is 5.82 Å². The maximum atomic E-state index is 13.7. The second kappa shape index (κ2) is 7.23. The Kier molecular flexibility index (Phi) is 5.33. The quantitative estimate of drug-likeness (QED) is 0.876. The molecule has 0 aliphatic carbocycles. The summed E-state index contributed by atoms with van der Waals surface area (Å²) < 4.78 is 48.0. The summed E-state index contributed by atoms with van der Waals surface area (Å²) in [5.41, 5.74) is -0.371. The zero-order chi connectivity index (χ0) is 17.0. The predicted molar refractivity (Wildman–Crippen MR) is 79.0 cm³/mol. The lowest BCUT2D eigenvalue weighted by Crippen LogP contribution is -2.16. The molecule has 1 amide bonds. The number of ether oxygens (including phenoxy) is 2. The lowest BCUT2D eigenvalue weighted by atomic mass is 10.1. The van der Waals surface area contributed by atoms with E-state index >= 15 is 0 Å². The molecular weight excluding hydrogens is 335 g/mol. The number of carbonyl (C=O) groups is 1. The van der Waals surface area contributed by atoms with E-state index in [4.69, 9.17) is 16.3 Å². The molecule has 0 radical (unpaired) electrons. The number of benzene rings is 2. The number of nitrogens with one attached hydrogen (secondary N) is 1. The highest BCUT2D eigenvalue weighted by Crippen LogP contribution is 2.33. The van der Waals surface area contributed by atoms with E-state index in [0.29, 0.717) is 0 Å². The van der Waals surface area contributed by atoms with Gasteiger partial charge >= 0.3 is 6.61 Å². The van der Waals surface area contributed by atoms with E-state index in [1.54, 1.807) is 0 Å². The Morgan fingerprint density at radius 3 is 2.61 bits per heavy atom. The van der Waals surface area contributed by atoms with Gasteiger partial charge < -0.3 is 14.8 Å². The lowest BCUT2D eigenvalue weighted by molar-refractivity contribution is -0.0515. The van der Waals surface area contributed by atoms with Gasteiger partial charge in [-0.05, 0) is 30.3 Å². The Bertz CT molecular complexity index is 725. The Labute approximate surface area is 134 Å². The largest absolute Gasteiger partial charge is 0.493 e. The molecule has 2 aromatic carbocycles. The normalized spacial score (nSPS) is 10.5. The van der Waals surface area contributed by atoms with Crippen LogP contribution in [0.1, 0.15) is 10.4 Å². The van der Waals surface area contributed by atoms with Crippen molar-refractivity contribution in [2.75, 3.05) is 12.4 Å². The van der Waals surface area contributed by atoms with Crippen LogP contribution in [0, 0.1) is 5.82 Å². The van der Waals surface area contributed by atoms with Crippen LogP contribution in [-0.2, 0) is 0 Å². The fraction of sp³-hybridized carbons (Fsp3) is 0.133. The van der Waals surface area contributed by atoms with Gasteiger partial charge in [0.15, 0.2) is 11.5 Å². The molecule has 0 aliphatic heterocycles. The Morgan fingerprint density at radius 1 is 1.26 bits per heavy atom. The van der Waals surface area contributed by atoms with Gasteiger partial charge in [0, 0.05) is 5.02 Å². The number of para-hydroxylation sites is 1. The summed E-state index contributed by atoms with van der Waals surface area (Å²) in [6, 6.07) is 7.68. The number of halogens is 4. The molecule has 8 heteroatoms. The molecule has 2 rings (SSSR count). The number of amides is 1. The van der Waals surface area contributed by atoms with Crippen LogP contribution in [0.5, 0.6) is 11.5 Å². The lowest BCUT2D eigenvalue weighted by Gasteiger charge is -2.14. The number of rotatable bonds is 5. The molecule has 4 nitrogen and oxygen atoms in total. The summed E-state index contributed by atoms with van der Waals surface area (Å²) in [5.74, 6) is -2.07. The molecule has 0 spiro atoms. The topological polar surface area (TPSA) is 47.6 Å². The molecule has 23 heavy (non-hydrogen) atoms. The molecule has 1 N–H and O–H groups in total. The Morgan fingerprint density at radius 2 is 2.00 bits per heavy atom. The van der Waals surface area contributed by atoms with Crippen LogP contribution in [0.3, 0.4) is 0 Å². The minimum absolute atomic E-state index is 0.0467. The van der Waals surface area contributed by atoms with Crippen molar-refractivity contribution in [3.63, 3.8) is 0 Å². The minimum atomic E-state index is -3.15. The van der Waals surface area contributed by atoms with Crippen molar-refractivity contribution >= 4 is 23.2 Å². The number of methoxy groups -OCH3 is 1. The van der Waals surface area contributed by atoms with E-state index in [9.17, 15) is 18.0 Å². The molecule has 0 saturated heterocycles. The van der Waals surface area contributed by atoms with Crippen LogP contribution in [0.25, 0.3) is 0 Å². The average molecular weight is 346 g/mol. The van der Waals surface area contributed by atoms with Gasteiger partial charge in [-0.3, -0.25) is 4.79 Å². The number of carbonyl (C=O) groups excluding carboxylic acids is 1. The molecule has 0 atom stereocenters. The SMILES string of the molecule is COc1cccc(C(=O)Nc2ccc(Cl)cc2F)c1OC(F)F. The van der Waals surface area contributed by atoms with Crippen LogP contribution in [-0.4, -0.2) is 19.6 Å². The molecular formula is C15H11ClF3NO3. The van der Waals surface area contributed by atoms with E-state index in [-0.39, 0.29) is 22.0 Å². The van der Waals surface area contributed by atoms with Gasteiger partial charge in [-0.1, -0.05) is 17.7 Å². The van der Waals surface area contributed by atoms with Crippen LogP contribution in [0.2, 0.25) is 5.02 Å². The highest BCUT2D eigenvalue weighted by atomic mass is 35.5. The van der Waals surface area contributed by atoms with E-state index < -0.39 is 24.1 Å². The molecule has 0 heterocycles. The van der Waals surface area contributed by atoms with Gasteiger partial charge in [0.05, 0.1) is 18.4 Å². The molecule has 0 aromatic heterocycles. The molecule has 122 valence electrons. The van der Waals surface area contributed by atoms with Gasteiger partial charge in [0.2, 0.25) is 0 Å². The first-order valence-corrected chi connectivity index (χ1v) is 6.68. The number of alkyl halides is 2. The van der Waals surface area contributed by atoms with Crippen molar-refractivity contribution in [3.05, 3.63) is 52.8 Å². The first-order valence-electron chi connectivity index (χ1n) is 6.30. The van der Waals surface area contributed by atoms with E-state index in [0.717, 1.165) is 6.07 Å². The van der Waals surface area contributed by atoms with Crippen molar-refractivity contribution in [1.29, 1.82) is 0 Å². The summed E-state index contributed by atoms with van der Waals surface area (Å²) in [6.07, 6.45) is 0. The smallest absolute Gasteiger partial charge is 0.387 e. The maximum absolute atomic E-state index is 13.7. The van der Waals surface area contributed by atoms with Crippen molar-refractivity contribution in [2.24, 2.45) is 0 Å². The van der Waals surface area contributed by atoms with Crippen LogP contribution < -0.4 is 14.8 Å². The van der Waals surface area contributed by atoms with Crippen molar-refractivity contribution in [2.45, 2.75) is 6.61 Å². The van der Waals surface area contributed by atoms with Gasteiger partial charge in [-0.2, -0.15) is 8.78 Å². The Balaban J connectivity index is 2.35. The first-order chi connectivity index (χ1) is 10.9. The fourth-order valence-electron chi connectivity index (χ4n) is 1.85. The van der Waals surface area contributed by atoms with Crippen LogP contribution in [0.15, 0.2) is 36.4 Å². The number of hydrogen-bond acceptors (Lipinski definition) is 3. The van der Waals surface area contributed by atoms with Crippen molar-refractivity contribution in [1.82, 2.24) is 0 Å². The summed E-state index contributed by atoms with van der Waals surface area (Å²) in [7, 11) is 1.24. The highest BCUT2D eigenvalue weighted by molar-refractivity contribution is 6.30. The van der Waals surface area contributed by atoms with Crippen LogP contribution in [0.4, 0.5) is 18.9 Å². The highest BCUT2D eigenvalue weighted by Gasteiger charge is 2.21. The molecule has 2 aromatic rings. The third-order valence-electron chi connectivity index (χ3n) is 2.83. The third kappa shape index (κ3) is 4.07. The molecule has 0 aliphatic rings. The third-order valence-corrected chi connectivity index (χ3v) is 3.06. The van der Waals surface area contributed by atoms with Crippen molar-refractivity contribution in [3.8, 4) is 11.5 Å². The molecule has 0 bridgehead atoms. The molecule has 0 fully saturated rings. The zero-order valence-corrected chi connectivity index (χ0v) is 12.5. The van der Waals surface area contributed by atoms with Crippen LogP contribution >= 0.6 is 11.6 Å². The summed E-state index contributed by atoms with van der Waals surface area (Å²) in [5, 5.41) is 2.42. The standard InChI is InChI=1S/C15H11ClF3NO3/c1-22-12-4-2-3-9(13(12)23-15(18)19)14(21)20-11-6-5-8(16)7-10(11)17/h2-7,15H,1H3,(H,20,21). The second-order valence-electron chi connectivity index (χ2n) is 4.29. The second-order valence-corrected chi connectivity index (χ2v) is 4.73. The van der Waals surface area contributed by atoms with Gasteiger partial charge in [-0.15, -0.1) is 0 Å². The van der Waals surface area contributed by atoms with E-state index in [1.807, 2.05) is 0 Å². The summed E-state index contributed by atoms with van der Waals surface area (Å²) in [4.78, 5) is 12.2. The monoisotopic (exact) mass is 345 g/mol. The predicted octanol–water partition coefficient (Wildman–Crippen LogP) is 4.34. The van der Waals surface area contributed by atoms with E-state index in [1.165, 1.54) is 37.4 Å². The Hall–Kier alpha value is -2.41. The molecule has 0 saturated carbocycles. The summed E-state index contributed by atoms with van der Waals surface area (Å²) >= 11 is 5.62. The zero-order valence-electron chi connectivity index (χ0n) is 11.8. The average Bonchev–Trinajstić information content (AvgIpc) is 2.49. The fourth-order valence-corrected chi connectivity index (χ4v) is 2.01. The minimum Gasteiger partial charge on any atom is -0.493 e. The van der Waals surface area contributed by atoms with E-state index in [2.05, 4.69) is 10.1 Å².